The van der Waals surface area contributed by atoms with Gasteiger partial charge in [0.2, 0.25) is 0 Å². The summed E-state index contributed by atoms with van der Waals surface area (Å²) in [5.41, 5.74) is 2.42. The molecule has 1 fully saturated rings. The quantitative estimate of drug-likeness (QED) is 0.260. The van der Waals surface area contributed by atoms with Gasteiger partial charge in [0, 0.05) is 23.1 Å². The van der Waals surface area contributed by atoms with Gasteiger partial charge in [-0.2, -0.15) is 0 Å². The van der Waals surface area contributed by atoms with Gasteiger partial charge in [0.1, 0.15) is 36.8 Å². The van der Waals surface area contributed by atoms with Crippen LogP contribution in [0.5, 0.6) is 5.75 Å². The Morgan fingerprint density at radius 1 is 1.12 bits per heavy atom. The van der Waals surface area contributed by atoms with E-state index in [0.717, 1.165) is 5.57 Å². The highest BCUT2D eigenvalue weighted by Crippen LogP contribution is 2.45. The van der Waals surface area contributed by atoms with Crippen LogP contribution >= 0.6 is 0 Å². The van der Waals surface area contributed by atoms with Crippen LogP contribution in [0.1, 0.15) is 58.5 Å². The van der Waals surface area contributed by atoms with E-state index in [1.165, 1.54) is 7.11 Å². The number of hydrogen-bond acceptors (Lipinski definition) is 9. The Balaban J connectivity index is 2.19. The van der Waals surface area contributed by atoms with Gasteiger partial charge in [-0.3, -0.25) is 4.79 Å². The number of ether oxygens (including phenoxy) is 3. The maximum atomic E-state index is 12.7. The summed E-state index contributed by atoms with van der Waals surface area (Å²) in [6.07, 6.45) is -6.77. The van der Waals surface area contributed by atoms with Crippen LogP contribution in [-0.4, -0.2) is 75.0 Å². The number of hydrogen-bond donors (Lipinski definition) is 5. The van der Waals surface area contributed by atoms with Gasteiger partial charge in [0.15, 0.2) is 6.10 Å². The van der Waals surface area contributed by atoms with Crippen molar-refractivity contribution >= 4 is 17.9 Å². The van der Waals surface area contributed by atoms with Crippen molar-refractivity contribution < 1.29 is 54.1 Å². The Morgan fingerprint density at radius 3 is 2.38 bits per heavy atom. The monoisotopic (exact) mass is 480 g/mol. The van der Waals surface area contributed by atoms with E-state index in [-0.39, 0.29) is 37.0 Å². The Hall–Kier alpha value is -2.99. The van der Waals surface area contributed by atoms with E-state index < -0.39 is 48.4 Å². The third-order valence-electron chi connectivity index (χ3n) is 6.25. The molecule has 0 amide bonds. The molecule has 0 saturated carbocycles. The molecule has 5 N–H and O–H groups in total. The lowest BCUT2D eigenvalue weighted by Gasteiger charge is -2.40. The minimum Gasteiger partial charge on any atom is -0.496 e. The summed E-state index contributed by atoms with van der Waals surface area (Å²) in [6, 6.07) is 0. The Bertz CT molecular complexity index is 1030. The first-order valence-corrected chi connectivity index (χ1v) is 10.7. The normalized spacial score (nSPS) is 26.7. The van der Waals surface area contributed by atoms with Crippen LogP contribution in [0, 0.1) is 6.92 Å². The van der Waals surface area contributed by atoms with Crippen molar-refractivity contribution in [1.82, 2.24) is 0 Å². The lowest BCUT2D eigenvalue weighted by molar-refractivity contribution is -0.230. The van der Waals surface area contributed by atoms with Gasteiger partial charge in [0.25, 0.3) is 0 Å². The topological polar surface area (TPSA) is 180 Å². The summed E-state index contributed by atoms with van der Waals surface area (Å²) >= 11 is 0. The van der Waals surface area contributed by atoms with E-state index >= 15 is 0 Å². The summed E-state index contributed by atoms with van der Waals surface area (Å²) in [4.78, 5) is 35.2. The second-order valence-electron chi connectivity index (χ2n) is 8.42. The SMILES string of the molecule is COc1c(C)c2c(c([C@H]3O[C@H](C(=O)O)[C@@H](O)[C@H](O)[C@H]3O)c1C/C=C(\C)CCC(=O)O)C(=O)OC2. The fourth-order valence-electron chi connectivity index (χ4n) is 4.41. The molecule has 0 radical (unpaired) electrons. The second kappa shape index (κ2) is 10.1. The number of carbonyl (C=O) groups is 3. The van der Waals surface area contributed by atoms with Crippen LogP contribution in [0.25, 0.3) is 0 Å². The number of cyclic esters (lactones) is 1. The molecule has 1 aromatic rings. The number of carbonyl (C=O) groups excluding carboxylic acids is 1. The predicted octanol–water partition coefficient (Wildman–Crippen LogP) is 0.635. The summed E-state index contributed by atoms with van der Waals surface area (Å²) in [5.74, 6) is -2.84. The first-order chi connectivity index (χ1) is 16.0. The molecule has 2 aliphatic rings. The Morgan fingerprint density at radius 2 is 1.79 bits per heavy atom. The highest BCUT2D eigenvalue weighted by Gasteiger charge is 2.50. The molecule has 0 unspecified atom stereocenters. The number of carboxylic acid groups (broad SMARTS) is 2. The standard InChI is InChI=1S/C23H28O11/c1-9(5-7-13(24)25)4-6-11-14(15-12(8-33-23(15)31)10(2)19(11)32-3)20-17(27)16(26)18(28)21(34-20)22(29)30/h4,16-18,20-21,26-28H,5-8H2,1-3H3,(H,24,25)(H,29,30)/b9-4+/t16-,17-,18+,20-,21+/m1/s1. The van der Waals surface area contributed by atoms with E-state index in [2.05, 4.69) is 0 Å². The van der Waals surface area contributed by atoms with Crippen LogP contribution < -0.4 is 4.74 Å². The molecule has 0 bridgehead atoms. The first kappa shape index (κ1) is 25.6. The molecular weight excluding hydrogens is 452 g/mol. The number of fused-ring (bicyclic) bond motifs is 1. The van der Waals surface area contributed by atoms with Gasteiger partial charge >= 0.3 is 17.9 Å². The van der Waals surface area contributed by atoms with E-state index in [4.69, 9.17) is 19.3 Å². The smallest absolute Gasteiger partial charge is 0.339 e. The molecule has 11 heteroatoms. The fourth-order valence-corrected chi connectivity index (χ4v) is 4.41. The average Bonchev–Trinajstić information content (AvgIpc) is 3.17. The molecule has 0 aromatic heterocycles. The molecule has 1 aromatic carbocycles. The number of aliphatic hydroxyl groups excluding tert-OH is 3. The molecule has 34 heavy (non-hydrogen) atoms. The van der Waals surface area contributed by atoms with Gasteiger partial charge in [-0.1, -0.05) is 11.6 Å². The van der Waals surface area contributed by atoms with Crippen molar-refractivity contribution in [3.8, 4) is 5.75 Å². The van der Waals surface area contributed by atoms with Gasteiger partial charge in [0.05, 0.1) is 12.7 Å². The van der Waals surface area contributed by atoms with E-state index in [9.17, 15) is 34.8 Å². The molecule has 5 atom stereocenters. The number of rotatable bonds is 8. The van der Waals surface area contributed by atoms with E-state index in [0.29, 0.717) is 22.4 Å². The lowest BCUT2D eigenvalue weighted by atomic mass is 9.82. The van der Waals surface area contributed by atoms with Crippen LogP contribution in [0.15, 0.2) is 11.6 Å². The fraction of sp³-hybridized carbons (Fsp3) is 0.522. The number of carboxylic acids is 2. The summed E-state index contributed by atoms with van der Waals surface area (Å²) in [5, 5.41) is 49.6. The molecule has 3 rings (SSSR count). The number of aliphatic hydroxyl groups is 3. The van der Waals surface area contributed by atoms with E-state index in [1.54, 1.807) is 19.9 Å². The highest BCUT2D eigenvalue weighted by molar-refractivity contribution is 5.97. The van der Waals surface area contributed by atoms with Crippen molar-refractivity contribution in [2.24, 2.45) is 0 Å². The lowest BCUT2D eigenvalue weighted by Crippen LogP contribution is -2.57. The number of methoxy groups -OCH3 is 1. The van der Waals surface area contributed by atoms with Gasteiger partial charge < -0.3 is 39.7 Å². The van der Waals surface area contributed by atoms with Crippen molar-refractivity contribution in [1.29, 1.82) is 0 Å². The zero-order valence-corrected chi connectivity index (χ0v) is 19.0. The van der Waals surface area contributed by atoms with Gasteiger partial charge in [-0.25, -0.2) is 9.59 Å². The maximum Gasteiger partial charge on any atom is 0.339 e. The van der Waals surface area contributed by atoms with Gasteiger partial charge in [-0.05, 0) is 32.3 Å². The van der Waals surface area contributed by atoms with Crippen molar-refractivity contribution in [2.45, 2.75) is 70.2 Å². The Kier molecular flexibility index (Phi) is 7.61. The molecule has 186 valence electrons. The Labute approximate surface area is 195 Å². The second-order valence-corrected chi connectivity index (χ2v) is 8.42. The van der Waals surface area contributed by atoms with Crippen LogP contribution in [-0.2, 0) is 32.1 Å². The zero-order valence-electron chi connectivity index (χ0n) is 19.0. The zero-order chi connectivity index (χ0) is 25.3. The maximum absolute atomic E-state index is 12.7. The van der Waals surface area contributed by atoms with Crippen LogP contribution in [0.4, 0.5) is 0 Å². The molecule has 0 spiro atoms. The minimum absolute atomic E-state index is 0.0620. The largest absolute Gasteiger partial charge is 0.496 e. The highest BCUT2D eigenvalue weighted by atomic mass is 16.6. The molecule has 2 heterocycles. The molecule has 1 saturated heterocycles. The first-order valence-electron chi connectivity index (χ1n) is 10.7. The summed E-state index contributed by atoms with van der Waals surface area (Å²) < 4.78 is 16.3. The minimum atomic E-state index is -1.89. The molecule has 0 aliphatic carbocycles. The molecule has 11 nitrogen and oxygen atoms in total. The third-order valence-corrected chi connectivity index (χ3v) is 6.25. The predicted molar refractivity (Wildman–Crippen MR) is 114 cm³/mol. The van der Waals surface area contributed by atoms with E-state index in [1.807, 2.05) is 0 Å². The number of benzene rings is 1. The summed E-state index contributed by atoms with van der Waals surface area (Å²) in [7, 11) is 1.41. The number of esters is 1. The van der Waals surface area contributed by atoms with Crippen molar-refractivity contribution in [2.75, 3.05) is 7.11 Å². The molecule has 2 aliphatic heterocycles. The van der Waals surface area contributed by atoms with Crippen molar-refractivity contribution in [3.63, 3.8) is 0 Å². The average molecular weight is 480 g/mol. The van der Waals surface area contributed by atoms with Crippen LogP contribution in [0.3, 0.4) is 0 Å². The molecular formula is C23H28O11. The van der Waals surface area contributed by atoms with Gasteiger partial charge in [-0.15, -0.1) is 0 Å². The summed E-state index contributed by atoms with van der Waals surface area (Å²) in [6.45, 7) is 3.41. The van der Waals surface area contributed by atoms with Crippen molar-refractivity contribution in [3.05, 3.63) is 39.5 Å². The number of allylic oxidation sites excluding steroid dienone is 2. The third kappa shape index (κ3) is 4.64. The number of aliphatic carboxylic acids is 2. The van der Waals surface area contributed by atoms with Crippen LogP contribution in [0.2, 0.25) is 0 Å².